The number of hydrogen-bond acceptors (Lipinski definition) is 4. The van der Waals surface area contributed by atoms with Crippen LogP contribution in [0.25, 0.3) is 22.6 Å². The minimum atomic E-state index is 0.673. The molecular weight excluding hydrogens is 202 g/mol. The molecular formula is C11H9N5. The molecule has 1 N–H and O–H groups in total. The Balaban J connectivity index is 2.19. The van der Waals surface area contributed by atoms with Crippen LogP contribution in [0.1, 0.15) is 5.56 Å². The average molecular weight is 211 g/mol. The van der Waals surface area contributed by atoms with Crippen LogP contribution in [0.4, 0.5) is 0 Å². The van der Waals surface area contributed by atoms with Gasteiger partial charge in [0, 0.05) is 18.0 Å². The fourth-order valence-corrected chi connectivity index (χ4v) is 1.58. The van der Waals surface area contributed by atoms with E-state index < -0.39 is 0 Å². The van der Waals surface area contributed by atoms with Gasteiger partial charge in [0.1, 0.15) is 17.7 Å². The van der Waals surface area contributed by atoms with Gasteiger partial charge in [-0.25, -0.2) is 15.0 Å². The molecule has 5 nitrogen and oxygen atoms in total. The molecule has 3 rings (SSSR count). The number of fused-ring (bicyclic) bond motifs is 1. The third-order valence-electron chi connectivity index (χ3n) is 2.31. The quantitative estimate of drug-likeness (QED) is 0.665. The molecule has 3 aromatic heterocycles. The van der Waals surface area contributed by atoms with E-state index in [0.29, 0.717) is 5.65 Å². The molecule has 0 aliphatic carbocycles. The van der Waals surface area contributed by atoms with E-state index in [9.17, 15) is 0 Å². The van der Waals surface area contributed by atoms with Gasteiger partial charge in [0.15, 0.2) is 5.65 Å². The number of pyridine rings is 1. The Kier molecular flexibility index (Phi) is 1.89. The highest BCUT2D eigenvalue weighted by molar-refractivity contribution is 5.74. The van der Waals surface area contributed by atoms with Gasteiger partial charge in [-0.2, -0.15) is 0 Å². The molecule has 0 aromatic carbocycles. The normalized spacial score (nSPS) is 10.8. The number of nitrogens with one attached hydrogen (secondary N) is 1. The molecule has 0 spiro atoms. The third kappa shape index (κ3) is 1.42. The Bertz CT molecular complexity index is 610. The second-order valence-corrected chi connectivity index (χ2v) is 3.60. The Hall–Kier alpha value is -2.30. The largest absolute Gasteiger partial charge is 0.335 e. The maximum absolute atomic E-state index is 4.38. The van der Waals surface area contributed by atoms with Crippen molar-refractivity contribution in [2.75, 3.05) is 0 Å². The second-order valence-electron chi connectivity index (χ2n) is 3.60. The van der Waals surface area contributed by atoms with E-state index in [-0.39, 0.29) is 0 Å². The summed E-state index contributed by atoms with van der Waals surface area (Å²) in [7, 11) is 0. The molecule has 0 bridgehead atoms. The third-order valence-corrected chi connectivity index (χ3v) is 2.31. The van der Waals surface area contributed by atoms with Gasteiger partial charge >= 0.3 is 0 Å². The van der Waals surface area contributed by atoms with Gasteiger partial charge in [0.25, 0.3) is 0 Å². The molecule has 0 saturated heterocycles. The van der Waals surface area contributed by atoms with Crippen molar-refractivity contribution in [2.24, 2.45) is 0 Å². The molecule has 78 valence electrons. The van der Waals surface area contributed by atoms with Crippen LogP contribution in [0.3, 0.4) is 0 Å². The average Bonchev–Trinajstić information content (AvgIpc) is 2.72. The van der Waals surface area contributed by atoms with Crippen LogP contribution in [0, 0.1) is 6.92 Å². The summed E-state index contributed by atoms with van der Waals surface area (Å²) >= 11 is 0. The van der Waals surface area contributed by atoms with Crippen molar-refractivity contribution in [2.45, 2.75) is 6.92 Å². The molecule has 0 fully saturated rings. The molecule has 0 aliphatic rings. The van der Waals surface area contributed by atoms with E-state index >= 15 is 0 Å². The van der Waals surface area contributed by atoms with Gasteiger partial charge in [0.05, 0.1) is 6.20 Å². The lowest BCUT2D eigenvalue weighted by Gasteiger charge is -1.96. The topological polar surface area (TPSA) is 67.3 Å². The first kappa shape index (κ1) is 8.96. The number of hydrogen-bond donors (Lipinski definition) is 1. The van der Waals surface area contributed by atoms with Crippen molar-refractivity contribution in [3.05, 3.63) is 36.5 Å². The lowest BCUT2D eigenvalue weighted by atomic mass is 10.2. The zero-order valence-electron chi connectivity index (χ0n) is 8.68. The van der Waals surface area contributed by atoms with E-state index in [1.807, 2.05) is 19.2 Å². The predicted octanol–water partition coefficient (Wildman–Crippen LogP) is 1.72. The van der Waals surface area contributed by atoms with Gasteiger partial charge in [-0.05, 0) is 18.6 Å². The smallest absolute Gasteiger partial charge is 0.181 e. The van der Waals surface area contributed by atoms with E-state index in [0.717, 1.165) is 22.5 Å². The molecule has 0 atom stereocenters. The zero-order valence-corrected chi connectivity index (χ0v) is 8.68. The van der Waals surface area contributed by atoms with E-state index in [4.69, 9.17) is 0 Å². The first-order valence-corrected chi connectivity index (χ1v) is 4.91. The molecule has 0 radical (unpaired) electrons. The van der Waals surface area contributed by atoms with Crippen molar-refractivity contribution >= 4 is 11.2 Å². The summed E-state index contributed by atoms with van der Waals surface area (Å²) in [4.78, 5) is 19.7. The SMILES string of the molecule is Cc1cncc(-c2nc3ncncc3[nH]2)c1. The van der Waals surface area contributed by atoms with Crippen LogP contribution in [0.5, 0.6) is 0 Å². The highest BCUT2D eigenvalue weighted by Crippen LogP contribution is 2.18. The van der Waals surface area contributed by atoms with E-state index in [1.165, 1.54) is 6.33 Å². The lowest BCUT2D eigenvalue weighted by Crippen LogP contribution is -1.83. The number of rotatable bonds is 1. The first-order chi connectivity index (χ1) is 7.83. The summed E-state index contributed by atoms with van der Waals surface area (Å²) in [6, 6.07) is 2.03. The molecule has 0 unspecified atom stereocenters. The monoisotopic (exact) mass is 211 g/mol. The van der Waals surface area contributed by atoms with Crippen LogP contribution < -0.4 is 0 Å². The maximum Gasteiger partial charge on any atom is 0.181 e. The van der Waals surface area contributed by atoms with Gasteiger partial charge in [-0.3, -0.25) is 4.98 Å². The summed E-state index contributed by atoms with van der Waals surface area (Å²) < 4.78 is 0. The molecule has 16 heavy (non-hydrogen) atoms. The van der Waals surface area contributed by atoms with Crippen molar-refractivity contribution in [3.8, 4) is 11.4 Å². The Labute approximate surface area is 91.6 Å². The summed E-state index contributed by atoms with van der Waals surface area (Å²) in [5, 5.41) is 0. The van der Waals surface area contributed by atoms with Gasteiger partial charge in [0.2, 0.25) is 0 Å². The van der Waals surface area contributed by atoms with Gasteiger partial charge < -0.3 is 4.98 Å². The number of imidazole rings is 1. The minimum absolute atomic E-state index is 0.673. The zero-order chi connectivity index (χ0) is 11.0. The van der Waals surface area contributed by atoms with Crippen molar-refractivity contribution in [3.63, 3.8) is 0 Å². The molecule has 0 aliphatic heterocycles. The molecule has 0 saturated carbocycles. The number of aromatic amines is 1. The summed E-state index contributed by atoms with van der Waals surface area (Å²) in [5.41, 5.74) is 3.56. The van der Waals surface area contributed by atoms with Crippen LogP contribution in [0.2, 0.25) is 0 Å². The number of H-pyrrole nitrogens is 1. The molecule has 3 heterocycles. The maximum atomic E-state index is 4.38. The molecule has 3 aromatic rings. The Morgan fingerprint density at radius 2 is 2.06 bits per heavy atom. The van der Waals surface area contributed by atoms with E-state index in [1.54, 1.807) is 12.4 Å². The Morgan fingerprint density at radius 1 is 1.12 bits per heavy atom. The molecule has 5 heteroatoms. The standard InChI is InChI=1S/C11H9N5/c1-7-2-8(4-12-3-7)10-15-9-5-13-6-14-11(9)16-10/h2-6H,1H3,(H,13,14,15,16). The lowest BCUT2D eigenvalue weighted by molar-refractivity contribution is 1.20. The van der Waals surface area contributed by atoms with E-state index in [2.05, 4.69) is 24.9 Å². The number of aromatic nitrogens is 5. The van der Waals surface area contributed by atoms with Crippen LogP contribution in [0.15, 0.2) is 31.0 Å². The Morgan fingerprint density at radius 3 is 2.88 bits per heavy atom. The predicted molar refractivity (Wildman–Crippen MR) is 59.7 cm³/mol. The fraction of sp³-hybridized carbons (Fsp3) is 0.0909. The highest BCUT2D eigenvalue weighted by Gasteiger charge is 2.05. The summed E-state index contributed by atoms with van der Waals surface area (Å²) in [6.45, 7) is 2.00. The van der Waals surface area contributed by atoms with Crippen LogP contribution >= 0.6 is 0 Å². The fourth-order valence-electron chi connectivity index (χ4n) is 1.58. The minimum Gasteiger partial charge on any atom is -0.335 e. The molecule has 0 amide bonds. The van der Waals surface area contributed by atoms with Crippen LogP contribution in [-0.2, 0) is 0 Å². The van der Waals surface area contributed by atoms with Crippen LogP contribution in [-0.4, -0.2) is 24.9 Å². The first-order valence-electron chi connectivity index (χ1n) is 4.91. The van der Waals surface area contributed by atoms with Crippen molar-refractivity contribution in [1.82, 2.24) is 24.9 Å². The highest BCUT2D eigenvalue weighted by atomic mass is 15.0. The second kappa shape index (κ2) is 3.37. The van der Waals surface area contributed by atoms with Crippen molar-refractivity contribution < 1.29 is 0 Å². The van der Waals surface area contributed by atoms with Crippen molar-refractivity contribution in [1.29, 1.82) is 0 Å². The summed E-state index contributed by atoms with van der Waals surface area (Å²) in [5.74, 6) is 0.770. The number of nitrogens with zero attached hydrogens (tertiary/aromatic N) is 4. The summed E-state index contributed by atoms with van der Waals surface area (Å²) in [6.07, 6.45) is 6.79. The van der Waals surface area contributed by atoms with Gasteiger partial charge in [-0.15, -0.1) is 0 Å². The number of aryl methyl sites for hydroxylation is 1. The van der Waals surface area contributed by atoms with Gasteiger partial charge in [-0.1, -0.05) is 0 Å².